The van der Waals surface area contributed by atoms with Crippen molar-refractivity contribution in [1.82, 2.24) is 0 Å². The van der Waals surface area contributed by atoms with E-state index >= 15 is 0 Å². The fourth-order valence-corrected chi connectivity index (χ4v) is 2.57. The average molecular weight is 328 g/mol. The Morgan fingerprint density at radius 2 is 1.73 bits per heavy atom. The van der Waals surface area contributed by atoms with Crippen LogP contribution < -0.4 is 0 Å². The zero-order valence-corrected chi connectivity index (χ0v) is 14.2. The zero-order chi connectivity index (χ0) is 16.6. The predicted molar refractivity (Wildman–Crippen MR) is 84.0 cm³/mol. The minimum Gasteiger partial charge on any atom is -0.465 e. The minimum absolute atomic E-state index is 0.0804. The Morgan fingerprint density at radius 3 is 2.32 bits per heavy atom. The molecule has 0 aromatic heterocycles. The van der Waals surface area contributed by atoms with Gasteiger partial charge in [-0.05, 0) is 38.3 Å². The first-order valence-corrected chi connectivity index (χ1v) is 8.90. The predicted octanol–water partition coefficient (Wildman–Crippen LogP) is 3.07. The molecule has 0 bridgehead atoms. The first-order chi connectivity index (χ1) is 10.4. The summed E-state index contributed by atoms with van der Waals surface area (Å²) in [6.07, 6.45) is 1.83. The molecule has 0 spiro atoms. The van der Waals surface area contributed by atoms with Gasteiger partial charge in [0.1, 0.15) is 0 Å². The molecule has 1 unspecified atom stereocenters. The number of hydrogen-bond donors (Lipinski definition) is 0. The van der Waals surface area contributed by atoms with E-state index in [1.165, 1.54) is 12.1 Å². The highest BCUT2D eigenvalue weighted by Gasteiger charge is 2.14. The SMILES string of the molecule is CCC(C)C(=O)OCCCCOS(=O)(=O)c1ccc(C)cc1. The van der Waals surface area contributed by atoms with Crippen LogP contribution in [0.25, 0.3) is 0 Å². The molecule has 0 amide bonds. The van der Waals surface area contributed by atoms with E-state index in [1.54, 1.807) is 12.1 Å². The van der Waals surface area contributed by atoms with Crippen molar-refractivity contribution < 1.29 is 22.1 Å². The monoisotopic (exact) mass is 328 g/mol. The summed E-state index contributed by atoms with van der Waals surface area (Å²) in [7, 11) is -3.71. The van der Waals surface area contributed by atoms with E-state index in [4.69, 9.17) is 8.92 Å². The second-order valence-corrected chi connectivity index (χ2v) is 6.89. The minimum atomic E-state index is -3.71. The van der Waals surface area contributed by atoms with Crippen molar-refractivity contribution in [3.05, 3.63) is 29.8 Å². The Hall–Kier alpha value is -1.40. The van der Waals surface area contributed by atoms with Gasteiger partial charge in [-0.25, -0.2) is 0 Å². The molecule has 0 fully saturated rings. The molecule has 0 heterocycles. The summed E-state index contributed by atoms with van der Waals surface area (Å²) in [6.45, 7) is 6.00. The van der Waals surface area contributed by atoms with Gasteiger partial charge >= 0.3 is 5.97 Å². The van der Waals surface area contributed by atoms with E-state index in [0.29, 0.717) is 12.8 Å². The highest BCUT2D eigenvalue weighted by molar-refractivity contribution is 7.86. The van der Waals surface area contributed by atoms with Crippen molar-refractivity contribution in [2.45, 2.75) is 44.9 Å². The number of esters is 1. The fourth-order valence-electron chi connectivity index (χ4n) is 1.63. The van der Waals surface area contributed by atoms with Crippen molar-refractivity contribution >= 4 is 16.1 Å². The zero-order valence-electron chi connectivity index (χ0n) is 13.4. The summed E-state index contributed by atoms with van der Waals surface area (Å²) < 4.78 is 33.9. The molecule has 0 aliphatic carbocycles. The second kappa shape index (κ2) is 8.90. The molecule has 6 heteroatoms. The lowest BCUT2D eigenvalue weighted by Gasteiger charge is -2.09. The third-order valence-electron chi connectivity index (χ3n) is 3.35. The second-order valence-electron chi connectivity index (χ2n) is 5.27. The number of rotatable bonds is 9. The molecule has 1 rings (SSSR count). The Morgan fingerprint density at radius 1 is 1.14 bits per heavy atom. The molecule has 22 heavy (non-hydrogen) atoms. The molecule has 1 aromatic rings. The molecule has 1 aromatic carbocycles. The Balaban J connectivity index is 2.27. The van der Waals surface area contributed by atoms with Gasteiger partial charge in [-0.3, -0.25) is 8.98 Å². The van der Waals surface area contributed by atoms with Crippen LogP contribution in [-0.2, 0) is 23.8 Å². The van der Waals surface area contributed by atoms with Gasteiger partial charge < -0.3 is 4.74 Å². The van der Waals surface area contributed by atoms with E-state index in [-0.39, 0.29) is 30.0 Å². The van der Waals surface area contributed by atoms with Gasteiger partial charge in [-0.2, -0.15) is 8.42 Å². The maximum absolute atomic E-state index is 11.9. The summed E-state index contributed by atoms with van der Waals surface area (Å²) in [5.41, 5.74) is 0.988. The standard InChI is InChI=1S/C16H24O5S/c1-4-14(3)16(17)20-11-5-6-12-21-22(18,19)15-9-7-13(2)8-10-15/h7-10,14H,4-6,11-12H2,1-3H3. The lowest BCUT2D eigenvalue weighted by molar-refractivity contribution is -0.148. The van der Waals surface area contributed by atoms with Crippen LogP contribution in [0.2, 0.25) is 0 Å². The van der Waals surface area contributed by atoms with Crippen molar-refractivity contribution in [3.8, 4) is 0 Å². The van der Waals surface area contributed by atoms with E-state index in [2.05, 4.69) is 0 Å². The van der Waals surface area contributed by atoms with Crippen molar-refractivity contribution in [2.24, 2.45) is 5.92 Å². The summed E-state index contributed by atoms with van der Waals surface area (Å²) in [6, 6.07) is 6.51. The van der Waals surface area contributed by atoms with E-state index < -0.39 is 10.1 Å². The summed E-state index contributed by atoms with van der Waals surface area (Å²) in [5.74, 6) is -0.311. The number of hydrogen-bond acceptors (Lipinski definition) is 5. The first kappa shape index (κ1) is 18.6. The summed E-state index contributed by atoms with van der Waals surface area (Å²) in [5, 5.41) is 0. The van der Waals surface area contributed by atoms with Crippen LogP contribution in [0.5, 0.6) is 0 Å². The fraction of sp³-hybridized carbons (Fsp3) is 0.562. The maximum atomic E-state index is 11.9. The van der Waals surface area contributed by atoms with Gasteiger partial charge in [-0.1, -0.05) is 31.5 Å². The highest BCUT2D eigenvalue weighted by atomic mass is 32.2. The highest BCUT2D eigenvalue weighted by Crippen LogP contribution is 2.13. The molecule has 0 N–H and O–H groups in total. The van der Waals surface area contributed by atoms with Gasteiger partial charge in [-0.15, -0.1) is 0 Å². The van der Waals surface area contributed by atoms with E-state index in [1.807, 2.05) is 20.8 Å². The van der Waals surface area contributed by atoms with Crippen LogP contribution in [0.4, 0.5) is 0 Å². The molecule has 0 radical (unpaired) electrons. The Bertz CT molecular complexity index is 563. The molecular weight excluding hydrogens is 304 g/mol. The van der Waals surface area contributed by atoms with Gasteiger partial charge in [0.25, 0.3) is 10.1 Å². The summed E-state index contributed by atoms with van der Waals surface area (Å²) in [4.78, 5) is 11.6. The molecule has 0 saturated carbocycles. The molecule has 0 aliphatic heterocycles. The van der Waals surface area contributed by atoms with E-state index in [0.717, 1.165) is 12.0 Å². The smallest absolute Gasteiger partial charge is 0.308 e. The molecular formula is C16H24O5S. The van der Waals surface area contributed by atoms with Gasteiger partial charge in [0.2, 0.25) is 0 Å². The third kappa shape index (κ3) is 6.15. The van der Waals surface area contributed by atoms with Crippen LogP contribution in [-0.4, -0.2) is 27.6 Å². The number of carbonyl (C=O) groups excluding carboxylic acids is 1. The van der Waals surface area contributed by atoms with Crippen LogP contribution >= 0.6 is 0 Å². The van der Waals surface area contributed by atoms with Crippen molar-refractivity contribution in [3.63, 3.8) is 0 Å². The van der Waals surface area contributed by atoms with Crippen LogP contribution in [0.3, 0.4) is 0 Å². The molecule has 0 aliphatic rings. The van der Waals surface area contributed by atoms with Crippen LogP contribution in [0.15, 0.2) is 29.2 Å². The molecule has 5 nitrogen and oxygen atoms in total. The van der Waals surface area contributed by atoms with Crippen molar-refractivity contribution in [2.75, 3.05) is 13.2 Å². The maximum Gasteiger partial charge on any atom is 0.308 e. The summed E-state index contributed by atoms with van der Waals surface area (Å²) >= 11 is 0. The van der Waals surface area contributed by atoms with Crippen molar-refractivity contribution in [1.29, 1.82) is 0 Å². The quantitative estimate of drug-likeness (QED) is 0.396. The Kier molecular flexibility index (Phi) is 7.55. The topological polar surface area (TPSA) is 69.7 Å². The van der Waals surface area contributed by atoms with Gasteiger partial charge in [0, 0.05) is 0 Å². The van der Waals surface area contributed by atoms with E-state index in [9.17, 15) is 13.2 Å². The molecule has 124 valence electrons. The van der Waals surface area contributed by atoms with Crippen LogP contribution in [0.1, 0.15) is 38.7 Å². The number of benzene rings is 1. The van der Waals surface area contributed by atoms with Crippen LogP contribution in [0, 0.1) is 12.8 Å². The van der Waals surface area contributed by atoms with Gasteiger partial charge in [0.15, 0.2) is 0 Å². The molecule has 0 saturated heterocycles. The molecule has 1 atom stereocenters. The number of aryl methyl sites for hydroxylation is 1. The number of carbonyl (C=O) groups is 1. The average Bonchev–Trinajstić information content (AvgIpc) is 2.50. The first-order valence-electron chi connectivity index (χ1n) is 7.49. The largest absolute Gasteiger partial charge is 0.465 e. The Labute approximate surface area is 132 Å². The lowest BCUT2D eigenvalue weighted by Crippen LogP contribution is -2.15. The third-order valence-corrected chi connectivity index (χ3v) is 4.67. The normalized spacial score (nSPS) is 12.9. The lowest BCUT2D eigenvalue weighted by atomic mass is 10.1. The number of unbranched alkanes of at least 4 members (excludes halogenated alkanes) is 1. The number of ether oxygens (including phenoxy) is 1. The van der Waals surface area contributed by atoms with Gasteiger partial charge in [0.05, 0.1) is 24.0 Å².